The molecule has 1 aromatic carbocycles. The van der Waals surface area contributed by atoms with E-state index >= 15 is 0 Å². The second-order valence-electron chi connectivity index (χ2n) is 3.76. The molecule has 3 nitrogen and oxygen atoms in total. The van der Waals surface area contributed by atoms with Crippen LogP contribution < -0.4 is 0 Å². The Balaban J connectivity index is 2.65. The normalized spacial score (nSPS) is 11.6. The van der Waals surface area contributed by atoms with E-state index in [2.05, 4.69) is 37.0 Å². The quantitative estimate of drug-likeness (QED) is 0.564. The smallest absolute Gasteiger partial charge is 0.176 e. The van der Waals surface area contributed by atoms with E-state index < -0.39 is 0 Å². The fraction of sp³-hybridized carbons (Fsp3) is 0.462. The summed E-state index contributed by atoms with van der Waals surface area (Å²) in [7, 11) is 3.23. The van der Waals surface area contributed by atoms with Gasteiger partial charge in [0.05, 0.1) is 6.54 Å². The van der Waals surface area contributed by atoms with Gasteiger partial charge in [-0.15, -0.1) is 0 Å². The van der Waals surface area contributed by atoms with Crippen LogP contribution in [-0.2, 0) is 9.47 Å². The first-order chi connectivity index (χ1) is 7.67. The van der Waals surface area contributed by atoms with Gasteiger partial charge in [-0.1, -0.05) is 23.8 Å². The van der Waals surface area contributed by atoms with Crippen LogP contribution >= 0.6 is 0 Å². The maximum absolute atomic E-state index is 5.06. The van der Waals surface area contributed by atoms with Crippen LogP contribution in [0.1, 0.15) is 16.7 Å². The van der Waals surface area contributed by atoms with Crippen LogP contribution in [0.5, 0.6) is 0 Å². The molecule has 0 aliphatic heterocycles. The van der Waals surface area contributed by atoms with E-state index in [-0.39, 0.29) is 6.29 Å². The van der Waals surface area contributed by atoms with Crippen molar-refractivity contribution in [3.63, 3.8) is 0 Å². The number of aliphatic imine (C=N–C) groups is 1. The van der Waals surface area contributed by atoms with Gasteiger partial charge >= 0.3 is 0 Å². The standard InChI is InChI=1S/C13H19NO2/c1-10-5-6-11(2)12(7-10)8-14-9-13(15-3)16-4/h5-8,13H,9H2,1-4H3/b14-8+. The molecule has 0 unspecified atom stereocenters. The topological polar surface area (TPSA) is 30.8 Å². The van der Waals surface area contributed by atoms with Gasteiger partial charge in [0.2, 0.25) is 0 Å². The lowest BCUT2D eigenvalue weighted by Crippen LogP contribution is -2.16. The van der Waals surface area contributed by atoms with Crippen LogP contribution in [0.3, 0.4) is 0 Å². The molecule has 0 aliphatic carbocycles. The molecule has 0 amide bonds. The van der Waals surface area contributed by atoms with Gasteiger partial charge in [-0.3, -0.25) is 4.99 Å². The number of aryl methyl sites for hydroxylation is 2. The molecule has 0 atom stereocenters. The number of benzene rings is 1. The maximum atomic E-state index is 5.06. The molecule has 0 fully saturated rings. The van der Waals surface area contributed by atoms with E-state index in [0.717, 1.165) is 5.56 Å². The SMILES string of the molecule is COC(C/N=C/c1cc(C)ccc1C)OC. The van der Waals surface area contributed by atoms with E-state index in [1.54, 1.807) is 14.2 Å². The summed E-state index contributed by atoms with van der Waals surface area (Å²) in [5.41, 5.74) is 3.61. The number of methoxy groups -OCH3 is 2. The Hall–Kier alpha value is -1.19. The molecular formula is C13H19NO2. The first-order valence-corrected chi connectivity index (χ1v) is 5.30. The molecule has 16 heavy (non-hydrogen) atoms. The summed E-state index contributed by atoms with van der Waals surface area (Å²) in [6.45, 7) is 4.66. The van der Waals surface area contributed by atoms with Gasteiger partial charge in [0, 0.05) is 20.4 Å². The summed E-state index contributed by atoms with van der Waals surface area (Å²) < 4.78 is 10.1. The largest absolute Gasteiger partial charge is 0.354 e. The lowest BCUT2D eigenvalue weighted by atomic mass is 10.1. The molecule has 0 heterocycles. The first-order valence-electron chi connectivity index (χ1n) is 5.30. The predicted molar refractivity (Wildman–Crippen MR) is 66.2 cm³/mol. The predicted octanol–water partition coefficient (Wildman–Crippen LogP) is 2.34. The summed E-state index contributed by atoms with van der Waals surface area (Å²) in [5.74, 6) is 0. The molecule has 0 saturated heterocycles. The van der Waals surface area contributed by atoms with Gasteiger partial charge < -0.3 is 9.47 Å². The zero-order valence-corrected chi connectivity index (χ0v) is 10.4. The van der Waals surface area contributed by atoms with E-state index in [0.29, 0.717) is 6.54 Å². The third kappa shape index (κ3) is 3.76. The molecule has 0 spiro atoms. The summed E-state index contributed by atoms with van der Waals surface area (Å²) >= 11 is 0. The van der Waals surface area contributed by atoms with Crippen molar-refractivity contribution >= 4 is 6.21 Å². The van der Waals surface area contributed by atoms with Crippen molar-refractivity contribution in [3.8, 4) is 0 Å². The van der Waals surface area contributed by atoms with Crippen molar-refractivity contribution in [3.05, 3.63) is 34.9 Å². The average molecular weight is 221 g/mol. The van der Waals surface area contributed by atoms with Gasteiger partial charge in [0.15, 0.2) is 6.29 Å². The van der Waals surface area contributed by atoms with E-state index in [1.165, 1.54) is 11.1 Å². The minimum absolute atomic E-state index is 0.263. The Morgan fingerprint density at radius 3 is 2.56 bits per heavy atom. The van der Waals surface area contributed by atoms with Crippen LogP contribution in [0.15, 0.2) is 23.2 Å². The lowest BCUT2D eigenvalue weighted by Gasteiger charge is -2.09. The molecule has 88 valence electrons. The van der Waals surface area contributed by atoms with Gasteiger partial charge in [-0.25, -0.2) is 0 Å². The van der Waals surface area contributed by atoms with Crippen LogP contribution in [-0.4, -0.2) is 33.3 Å². The maximum Gasteiger partial charge on any atom is 0.176 e. The summed E-state index contributed by atoms with van der Waals surface area (Å²) in [6, 6.07) is 6.31. The van der Waals surface area contributed by atoms with Crippen LogP contribution in [0, 0.1) is 13.8 Å². The van der Waals surface area contributed by atoms with Crippen LogP contribution in [0.25, 0.3) is 0 Å². The molecule has 0 radical (unpaired) electrons. The zero-order chi connectivity index (χ0) is 12.0. The first kappa shape index (κ1) is 12.9. The molecule has 0 saturated carbocycles. The van der Waals surface area contributed by atoms with Crippen LogP contribution in [0.2, 0.25) is 0 Å². The summed E-state index contributed by atoms with van der Waals surface area (Å²) in [4.78, 5) is 4.31. The molecule has 0 bridgehead atoms. The molecule has 3 heteroatoms. The molecular weight excluding hydrogens is 202 g/mol. The third-order valence-corrected chi connectivity index (χ3v) is 2.45. The molecule has 0 N–H and O–H groups in total. The Kier molecular flexibility index (Phi) is 5.15. The van der Waals surface area contributed by atoms with E-state index in [4.69, 9.17) is 9.47 Å². The zero-order valence-electron chi connectivity index (χ0n) is 10.4. The van der Waals surface area contributed by atoms with Gasteiger partial charge in [0.1, 0.15) is 0 Å². The Morgan fingerprint density at radius 1 is 1.25 bits per heavy atom. The van der Waals surface area contributed by atoms with Crippen molar-refractivity contribution in [1.29, 1.82) is 0 Å². The average Bonchev–Trinajstić information content (AvgIpc) is 2.29. The molecule has 0 aliphatic rings. The van der Waals surface area contributed by atoms with Crippen molar-refractivity contribution < 1.29 is 9.47 Å². The fourth-order valence-corrected chi connectivity index (χ4v) is 1.38. The monoisotopic (exact) mass is 221 g/mol. The Morgan fingerprint density at radius 2 is 1.94 bits per heavy atom. The lowest BCUT2D eigenvalue weighted by molar-refractivity contribution is -0.0936. The number of hydrogen-bond acceptors (Lipinski definition) is 3. The Bertz CT molecular complexity index is 357. The highest BCUT2D eigenvalue weighted by Crippen LogP contribution is 2.08. The highest BCUT2D eigenvalue weighted by atomic mass is 16.7. The number of nitrogens with zero attached hydrogens (tertiary/aromatic N) is 1. The fourth-order valence-electron chi connectivity index (χ4n) is 1.38. The van der Waals surface area contributed by atoms with Crippen molar-refractivity contribution in [2.75, 3.05) is 20.8 Å². The number of rotatable bonds is 5. The second-order valence-corrected chi connectivity index (χ2v) is 3.76. The molecule has 0 aromatic heterocycles. The van der Waals surface area contributed by atoms with Gasteiger partial charge in [0.25, 0.3) is 0 Å². The molecule has 1 rings (SSSR count). The third-order valence-electron chi connectivity index (χ3n) is 2.45. The van der Waals surface area contributed by atoms with E-state index in [1.807, 2.05) is 6.21 Å². The number of hydrogen-bond donors (Lipinski definition) is 0. The van der Waals surface area contributed by atoms with Crippen molar-refractivity contribution in [1.82, 2.24) is 0 Å². The molecule has 1 aromatic rings. The van der Waals surface area contributed by atoms with Gasteiger partial charge in [-0.2, -0.15) is 0 Å². The minimum atomic E-state index is -0.263. The van der Waals surface area contributed by atoms with E-state index in [9.17, 15) is 0 Å². The minimum Gasteiger partial charge on any atom is -0.354 e. The van der Waals surface area contributed by atoms with Gasteiger partial charge in [-0.05, 0) is 25.0 Å². The Labute approximate surface area is 97.1 Å². The van der Waals surface area contributed by atoms with Crippen LogP contribution in [0.4, 0.5) is 0 Å². The van der Waals surface area contributed by atoms with Crippen molar-refractivity contribution in [2.45, 2.75) is 20.1 Å². The summed E-state index contributed by atoms with van der Waals surface area (Å²) in [5, 5.41) is 0. The highest BCUT2D eigenvalue weighted by molar-refractivity contribution is 5.81. The van der Waals surface area contributed by atoms with Crippen molar-refractivity contribution in [2.24, 2.45) is 4.99 Å². The number of ether oxygens (including phenoxy) is 2. The highest BCUT2D eigenvalue weighted by Gasteiger charge is 2.01. The summed E-state index contributed by atoms with van der Waals surface area (Å²) in [6.07, 6.45) is 1.61. The second kappa shape index (κ2) is 6.40.